The quantitative estimate of drug-likeness (QED) is 0.632. The van der Waals surface area contributed by atoms with Crippen LogP contribution in [0.25, 0.3) is 0 Å². The lowest BCUT2D eigenvalue weighted by atomic mass is 10.1. The summed E-state index contributed by atoms with van der Waals surface area (Å²) in [6, 6.07) is 6.33. The molecule has 2 saturated heterocycles. The van der Waals surface area contributed by atoms with Crippen molar-refractivity contribution in [3.8, 4) is 0 Å². The Morgan fingerprint density at radius 3 is 2.43 bits per heavy atom. The standard InChI is InChI=1S/C16H23BrN4O2/c17-14-2-1-13(15(11-14)20-3-7-22-8-4-20)12-19-16(18)21-5-9-23-10-6-21/h1-2,11H,3-10,12H2,(H2,18,19). The molecule has 0 aliphatic carbocycles. The number of nitrogens with zero attached hydrogens (tertiary/aromatic N) is 3. The summed E-state index contributed by atoms with van der Waals surface area (Å²) in [5, 5.41) is 0. The highest BCUT2D eigenvalue weighted by Crippen LogP contribution is 2.26. The van der Waals surface area contributed by atoms with E-state index >= 15 is 0 Å². The van der Waals surface area contributed by atoms with Crippen molar-refractivity contribution >= 4 is 27.6 Å². The second kappa shape index (κ2) is 7.99. The molecule has 7 heteroatoms. The Hall–Kier alpha value is -1.31. The number of rotatable bonds is 3. The molecule has 126 valence electrons. The van der Waals surface area contributed by atoms with E-state index in [1.165, 1.54) is 11.3 Å². The third kappa shape index (κ3) is 4.37. The van der Waals surface area contributed by atoms with Crippen LogP contribution in [-0.2, 0) is 16.0 Å². The number of anilines is 1. The van der Waals surface area contributed by atoms with Crippen LogP contribution in [0.1, 0.15) is 5.56 Å². The van der Waals surface area contributed by atoms with Crippen LogP contribution in [0.15, 0.2) is 27.7 Å². The molecular formula is C16H23BrN4O2. The molecule has 0 atom stereocenters. The van der Waals surface area contributed by atoms with Gasteiger partial charge in [0.25, 0.3) is 0 Å². The zero-order valence-corrected chi connectivity index (χ0v) is 14.8. The Bertz CT molecular complexity index is 555. The lowest BCUT2D eigenvalue weighted by Crippen LogP contribution is -2.44. The van der Waals surface area contributed by atoms with Crippen LogP contribution in [0.2, 0.25) is 0 Å². The Balaban J connectivity index is 1.73. The first kappa shape index (κ1) is 16.5. The molecule has 1 aromatic carbocycles. The Morgan fingerprint density at radius 2 is 1.74 bits per heavy atom. The highest BCUT2D eigenvalue weighted by atomic mass is 79.9. The molecule has 6 nitrogen and oxygen atoms in total. The van der Waals surface area contributed by atoms with Gasteiger partial charge in [-0.25, -0.2) is 4.99 Å². The maximum Gasteiger partial charge on any atom is 0.191 e. The molecule has 23 heavy (non-hydrogen) atoms. The first-order valence-electron chi connectivity index (χ1n) is 7.98. The number of hydrogen-bond donors (Lipinski definition) is 1. The van der Waals surface area contributed by atoms with Crippen LogP contribution in [0, 0.1) is 0 Å². The third-order valence-electron chi connectivity index (χ3n) is 4.15. The monoisotopic (exact) mass is 382 g/mol. The van der Waals surface area contributed by atoms with Gasteiger partial charge in [0.1, 0.15) is 0 Å². The molecule has 2 N–H and O–H groups in total. The minimum Gasteiger partial charge on any atom is -0.378 e. The molecule has 0 aromatic heterocycles. The molecule has 0 amide bonds. The molecule has 0 saturated carbocycles. The third-order valence-corrected chi connectivity index (χ3v) is 4.64. The maximum absolute atomic E-state index is 6.13. The number of benzene rings is 1. The van der Waals surface area contributed by atoms with E-state index in [0.29, 0.717) is 25.7 Å². The van der Waals surface area contributed by atoms with Crippen molar-refractivity contribution in [3.05, 3.63) is 28.2 Å². The van der Waals surface area contributed by atoms with E-state index in [4.69, 9.17) is 15.2 Å². The summed E-state index contributed by atoms with van der Waals surface area (Å²) in [5.41, 5.74) is 8.53. The summed E-state index contributed by atoms with van der Waals surface area (Å²) < 4.78 is 11.9. The van der Waals surface area contributed by atoms with Gasteiger partial charge in [0.15, 0.2) is 5.96 Å². The number of nitrogens with two attached hydrogens (primary N) is 1. The minimum atomic E-state index is 0.586. The predicted molar refractivity (Wildman–Crippen MR) is 94.9 cm³/mol. The van der Waals surface area contributed by atoms with E-state index in [1.54, 1.807) is 0 Å². The van der Waals surface area contributed by atoms with Gasteiger partial charge in [-0.05, 0) is 17.7 Å². The van der Waals surface area contributed by atoms with Crippen molar-refractivity contribution in [1.29, 1.82) is 0 Å². The summed E-state index contributed by atoms with van der Waals surface area (Å²) in [6.45, 7) is 7.00. The van der Waals surface area contributed by atoms with Gasteiger partial charge in [-0.2, -0.15) is 0 Å². The lowest BCUT2D eigenvalue weighted by molar-refractivity contribution is 0.0674. The van der Waals surface area contributed by atoms with Gasteiger partial charge in [-0.3, -0.25) is 0 Å². The van der Waals surface area contributed by atoms with E-state index in [0.717, 1.165) is 43.9 Å². The summed E-state index contributed by atoms with van der Waals surface area (Å²) in [4.78, 5) is 9.03. The fourth-order valence-electron chi connectivity index (χ4n) is 2.83. The van der Waals surface area contributed by atoms with Crippen LogP contribution in [0.3, 0.4) is 0 Å². The highest BCUT2D eigenvalue weighted by molar-refractivity contribution is 9.10. The average Bonchev–Trinajstić information content (AvgIpc) is 2.62. The molecule has 0 radical (unpaired) electrons. The molecule has 2 fully saturated rings. The van der Waals surface area contributed by atoms with Gasteiger partial charge in [-0.15, -0.1) is 0 Å². The molecule has 2 heterocycles. The topological polar surface area (TPSA) is 63.3 Å². The number of halogens is 1. The zero-order valence-electron chi connectivity index (χ0n) is 13.2. The summed E-state index contributed by atoms with van der Waals surface area (Å²) in [5.74, 6) is 0.601. The van der Waals surface area contributed by atoms with Gasteiger partial charge in [0.05, 0.1) is 33.0 Å². The summed E-state index contributed by atoms with van der Waals surface area (Å²) >= 11 is 3.56. The molecule has 1 aromatic rings. The van der Waals surface area contributed by atoms with Crippen LogP contribution in [0.4, 0.5) is 5.69 Å². The Morgan fingerprint density at radius 1 is 1.09 bits per heavy atom. The van der Waals surface area contributed by atoms with Crippen LogP contribution in [0.5, 0.6) is 0 Å². The summed E-state index contributed by atoms with van der Waals surface area (Å²) in [7, 11) is 0. The first-order chi connectivity index (χ1) is 11.2. The fourth-order valence-corrected chi connectivity index (χ4v) is 3.18. The molecular weight excluding hydrogens is 360 g/mol. The molecule has 0 spiro atoms. The van der Waals surface area contributed by atoms with Crippen LogP contribution < -0.4 is 10.6 Å². The van der Waals surface area contributed by atoms with E-state index in [-0.39, 0.29) is 0 Å². The number of morpholine rings is 2. The first-order valence-corrected chi connectivity index (χ1v) is 8.77. The van der Waals surface area contributed by atoms with E-state index in [9.17, 15) is 0 Å². The highest BCUT2D eigenvalue weighted by Gasteiger charge is 2.16. The number of hydrogen-bond acceptors (Lipinski definition) is 4. The zero-order chi connectivity index (χ0) is 16.1. The molecule has 0 unspecified atom stereocenters. The van der Waals surface area contributed by atoms with Crippen LogP contribution >= 0.6 is 15.9 Å². The van der Waals surface area contributed by atoms with Crippen molar-refractivity contribution in [2.24, 2.45) is 10.7 Å². The van der Waals surface area contributed by atoms with Crippen LogP contribution in [-0.4, -0.2) is 63.5 Å². The second-order valence-corrected chi connectivity index (χ2v) is 6.56. The molecule has 0 bridgehead atoms. The predicted octanol–water partition coefficient (Wildman–Crippen LogP) is 1.43. The van der Waals surface area contributed by atoms with Crippen molar-refractivity contribution < 1.29 is 9.47 Å². The average molecular weight is 383 g/mol. The van der Waals surface area contributed by atoms with Crippen molar-refractivity contribution in [2.75, 3.05) is 57.5 Å². The van der Waals surface area contributed by atoms with Crippen molar-refractivity contribution in [3.63, 3.8) is 0 Å². The molecule has 2 aliphatic rings. The van der Waals surface area contributed by atoms with Gasteiger partial charge < -0.3 is 25.0 Å². The Kier molecular flexibility index (Phi) is 5.75. The fraction of sp³-hybridized carbons (Fsp3) is 0.562. The van der Waals surface area contributed by atoms with E-state index in [2.05, 4.69) is 48.9 Å². The summed E-state index contributed by atoms with van der Waals surface area (Å²) in [6.07, 6.45) is 0. The normalized spacial score (nSPS) is 20.0. The maximum atomic E-state index is 6.13. The SMILES string of the molecule is NC(=NCc1ccc(Br)cc1N1CCOCC1)N1CCOCC1. The smallest absolute Gasteiger partial charge is 0.191 e. The van der Waals surface area contributed by atoms with Crippen molar-refractivity contribution in [2.45, 2.75) is 6.54 Å². The van der Waals surface area contributed by atoms with Crippen molar-refractivity contribution in [1.82, 2.24) is 4.90 Å². The number of aliphatic imine (C=N–C) groups is 1. The van der Waals surface area contributed by atoms with E-state index < -0.39 is 0 Å². The number of ether oxygens (including phenoxy) is 2. The molecule has 2 aliphatic heterocycles. The van der Waals surface area contributed by atoms with Gasteiger partial charge in [-0.1, -0.05) is 22.0 Å². The minimum absolute atomic E-state index is 0.586. The van der Waals surface area contributed by atoms with Gasteiger partial charge >= 0.3 is 0 Å². The second-order valence-electron chi connectivity index (χ2n) is 5.65. The van der Waals surface area contributed by atoms with E-state index in [1.807, 2.05) is 0 Å². The number of guanidine groups is 1. The molecule has 3 rings (SSSR count). The lowest BCUT2D eigenvalue weighted by Gasteiger charge is -2.31. The van der Waals surface area contributed by atoms with Gasteiger partial charge in [0.2, 0.25) is 0 Å². The largest absolute Gasteiger partial charge is 0.378 e. The Labute approximate surface area is 145 Å². The van der Waals surface area contributed by atoms with Gasteiger partial charge in [0, 0.05) is 36.3 Å².